The van der Waals surface area contributed by atoms with Gasteiger partial charge in [0.15, 0.2) is 0 Å². The Hall–Kier alpha value is 1.03. The Morgan fingerprint density at radius 2 is 1.20 bits per heavy atom. The van der Waals surface area contributed by atoms with Crippen LogP contribution in [-0.4, -0.2) is 23.1 Å². The van der Waals surface area contributed by atoms with Crippen molar-refractivity contribution < 1.29 is 35.9 Å². The number of rotatable bonds is 2. The van der Waals surface area contributed by atoms with E-state index in [-0.39, 0.29) is 25.9 Å². The van der Waals surface area contributed by atoms with E-state index in [1.807, 2.05) is 0 Å². The van der Waals surface area contributed by atoms with E-state index >= 15 is 0 Å². The van der Waals surface area contributed by atoms with E-state index in [4.69, 9.17) is 0 Å². The Morgan fingerprint density at radius 3 is 1.20 bits per heavy atom. The summed E-state index contributed by atoms with van der Waals surface area (Å²) < 4.78 is 21.2. The molecular formula is H2MgO7P2. The van der Waals surface area contributed by atoms with Crippen LogP contribution in [0.4, 0.5) is 0 Å². The maximum absolute atomic E-state index is 9.32. The average Bonchev–Trinajstić information content (AvgIpc) is 1.14. The van der Waals surface area contributed by atoms with Crippen LogP contribution in [0.3, 0.4) is 0 Å². The third kappa shape index (κ3) is 11.8. The number of phosphoric acid groups is 2. The van der Waals surface area contributed by atoms with Crippen LogP contribution in [0.15, 0.2) is 0 Å². The zero-order valence-corrected chi connectivity index (χ0v) is 7.66. The first-order chi connectivity index (χ1) is 3.71. The molecule has 7 nitrogen and oxygen atoms in total. The van der Waals surface area contributed by atoms with Gasteiger partial charge in [0.2, 0.25) is 0 Å². The van der Waals surface area contributed by atoms with Gasteiger partial charge in [0.1, 0.15) is 0 Å². The smallest absolute Gasteiger partial charge is 0.790 e. The fraction of sp³-hybridized carbons (Fsp3) is 0. The Morgan fingerprint density at radius 1 is 1.00 bits per heavy atom. The Kier molecular flexibility index (Phi) is 5.65. The largest absolute Gasteiger partial charge is 2.00 e. The number of hydrogen-bond donors (Lipinski definition) is 0. The van der Waals surface area contributed by atoms with Gasteiger partial charge in [-0.05, 0) is 0 Å². The van der Waals surface area contributed by atoms with Crippen molar-refractivity contribution in [2.75, 3.05) is 0 Å². The van der Waals surface area contributed by atoms with Gasteiger partial charge in [-0.25, -0.2) is 0 Å². The minimum atomic E-state index is -5.68. The molecule has 0 rings (SSSR count). The van der Waals surface area contributed by atoms with Crippen LogP contribution in [0.1, 0.15) is 2.85 Å². The second-order valence-corrected chi connectivity index (χ2v) is 3.42. The Balaban J connectivity index is -0.000000107. The van der Waals surface area contributed by atoms with Crippen molar-refractivity contribution in [1.29, 1.82) is 0 Å². The Labute approximate surface area is 75.0 Å². The van der Waals surface area contributed by atoms with Gasteiger partial charge >= 0.3 is 25.9 Å². The summed E-state index contributed by atoms with van der Waals surface area (Å²) in [6.45, 7) is 0. The summed E-state index contributed by atoms with van der Waals surface area (Å²) >= 11 is 0. The van der Waals surface area contributed by atoms with Gasteiger partial charge in [-0.3, -0.25) is 0 Å². The molecule has 10 heteroatoms. The molecular weight excluding hydrogens is 198 g/mol. The first-order valence-corrected chi connectivity index (χ1v) is 4.38. The van der Waals surface area contributed by atoms with Crippen LogP contribution in [0.25, 0.3) is 0 Å². The maximum atomic E-state index is 9.32. The quantitative estimate of drug-likeness (QED) is 0.333. The third-order valence-electron chi connectivity index (χ3n) is 0.200. The summed E-state index contributed by atoms with van der Waals surface area (Å²) in [5, 5.41) is 0. The molecule has 0 aliphatic carbocycles. The van der Waals surface area contributed by atoms with Crippen molar-refractivity contribution in [2.24, 2.45) is 0 Å². The topological polar surface area (TPSA) is 136 Å². The van der Waals surface area contributed by atoms with Crippen molar-refractivity contribution in [3.8, 4) is 0 Å². The van der Waals surface area contributed by atoms with Gasteiger partial charge in [-0.2, -0.15) is 0 Å². The van der Waals surface area contributed by atoms with E-state index in [0.717, 1.165) is 0 Å². The van der Waals surface area contributed by atoms with Crippen molar-refractivity contribution in [2.45, 2.75) is 0 Å². The van der Waals surface area contributed by atoms with E-state index in [2.05, 4.69) is 4.31 Å². The van der Waals surface area contributed by atoms with E-state index in [0.29, 0.717) is 0 Å². The molecule has 0 radical (unpaired) electrons. The molecule has 0 aromatic carbocycles. The van der Waals surface area contributed by atoms with E-state index in [1.165, 1.54) is 0 Å². The standard InChI is InChI=1S/Mg.H4O7P2/c;1-8(2,3)7-9(4,5)6/h;(H2,1,2,3)(H2,4,5,6)/q+2;/p-2. The molecule has 0 aromatic heterocycles. The molecule has 0 saturated heterocycles. The van der Waals surface area contributed by atoms with Crippen molar-refractivity contribution in [1.82, 2.24) is 0 Å². The van der Waals surface area contributed by atoms with Crippen LogP contribution < -0.4 is 19.6 Å². The summed E-state index contributed by atoms with van der Waals surface area (Å²) in [7, 11) is -11.4. The second-order valence-electron chi connectivity index (χ2n) is 0.976. The van der Waals surface area contributed by atoms with Crippen LogP contribution in [-0.2, 0) is 13.4 Å². The van der Waals surface area contributed by atoms with E-state index in [9.17, 15) is 28.7 Å². The number of hydrogen-bond acceptors (Lipinski definition) is 7. The van der Waals surface area contributed by atoms with Crippen LogP contribution in [0.2, 0.25) is 0 Å². The minimum Gasteiger partial charge on any atom is -0.790 e. The summed E-state index contributed by atoms with van der Waals surface area (Å²) in [4.78, 5) is 37.3. The molecule has 0 saturated carbocycles. The molecule has 0 aliphatic rings. The molecule has 0 amide bonds. The first-order valence-electron chi connectivity index (χ1n) is 1.46. The van der Waals surface area contributed by atoms with Crippen LogP contribution in [0.5, 0.6) is 0 Å². The fourth-order valence-electron chi connectivity index (χ4n) is 0.122. The zero-order valence-electron chi connectivity index (χ0n) is 6.46. The molecule has 0 heterocycles. The second kappa shape index (κ2) is 4.15. The zero-order chi connectivity index (χ0) is 7.71. The first kappa shape index (κ1) is 13.6. The Bertz CT molecular complexity index is 160. The minimum absolute atomic E-state index is 0. The van der Waals surface area contributed by atoms with Gasteiger partial charge in [0.25, 0.3) is 0 Å². The summed E-state index contributed by atoms with van der Waals surface area (Å²) in [6.07, 6.45) is 0. The molecule has 0 aromatic rings. The monoisotopic (exact) mass is 200 g/mol. The van der Waals surface area contributed by atoms with Crippen LogP contribution >= 0.6 is 15.6 Å². The molecule has 0 bridgehead atoms. The predicted octanol–water partition coefficient (Wildman–Crippen LogP) is -3.50. The SMILES string of the molecule is O=P([O-])([O-])OP(=O)([O-])[O-].[H+].[H+].[Mg+2]. The van der Waals surface area contributed by atoms with Crippen molar-refractivity contribution in [3.05, 3.63) is 0 Å². The molecule has 56 valence electrons. The van der Waals surface area contributed by atoms with Gasteiger partial charge in [0, 0.05) is 0 Å². The van der Waals surface area contributed by atoms with Crippen molar-refractivity contribution in [3.63, 3.8) is 0 Å². The van der Waals surface area contributed by atoms with Gasteiger partial charge in [0.05, 0.1) is 15.6 Å². The predicted molar refractivity (Wildman–Crippen MR) is 24.3 cm³/mol. The summed E-state index contributed by atoms with van der Waals surface area (Å²) in [5.74, 6) is 0. The molecule has 10 heavy (non-hydrogen) atoms. The van der Waals surface area contributed by atoms with Crippen LogP contribution in [0, 0.1) is 0 Å². The molecule has 0 atom stereocenters. The molecule has 0 fully saturated rings. The van der Waals surface area contributed by atoms with Crippen molar-refractivity contribution >= 4 is 38.7 Å². The van der Waals surface area contributed by atoms with Gasteiger partial charge < -0.3 is 33.0 Å². The molecule has 0 unspecified atom stereocenters. The van der Waals surface area contributed by atoms with E-state index in [1.54, 1.807) is 0 Å². The molecule has 0 aliphatic heterocycles. The van der Waals surface area contributed by atoms with Gasteiger partial charge in [-0.1, -0.05) is 0 Å². The normalized spacial score (nSPS) is 12.4. The summed E-state index contributed by atoms with van der Waals surface area (Å²) in [6, 6.07) is 0. The average molecular weight is 200 g/mol. The fourth-order valence-corrected chi connectivity index (χ4v) is 1.10. The van der Waals surface area contributed by atoms with E-state index < -0.39 is 15.6 Å². The molecule has 0 N–H and O–H groups in total. The van der Waals surface area contributed by atoms with Gasteiger partial charge in [-0.15, -0.1) is 0 Å². The maximum Gasteiger partial charge on any atom is 2.00 e. The third-order valence-corrected chi connectivity index (χ3v) is 1.80. The molecule has 0 spiro atoms. The summed E-state index contributed by atoms with van der Waals surface area (Å²) in [5.41, 5.74) is 0.